The van der Waals surface area contributed by atoms with Gasteiger partial charge in [-0.05, 0) is 13.3 Å². The molecule has 0 aliphatic carbocycles. The molecule has 0 aliphatic rings. The number of nitrogens with two attached hydrogens (primary N) is 1. The van der Waals surface area contributed by atoms with E-state index in [9.17, 15) is 4.79 Å². The van der Waals surface area contributed by atoms with E-state index >= 15 is 0 Å². The number of nitrogen functional groups attached to an aromatic ring is 1. The maximum absolute atomic E-state index is 11.2. The molecule has 0 fully saturated rings. The van der Waals surface area contributed by atoms with E-state index < -0.39 is 0 Å². The summed E-state index contributed by atoms with van der Waals surface area (Å²) in [6.45, 7) is 2.15. The standard InChI is InChI=1S/C10H15N3O3/c1-3-16-8(14)5-4-7-6-12-10(11)13-9(7)15-2/h6H,3-5H2,1-2H3,(H2,11,12,13). The van der Waals surface area contributed by atoms with Crippen LogP contribution >= 0.6 is 0 Å². The second-order valence-electron chi connectivity index (χ2n) is 3.07. The molecule has 0 aromatic carbocycles. The highest BCUT2D eigenvalue weighted by atomic mass is 16.5. The number of nitrogens with zero attached hydrogens (tertiary/aromatic N) is 2. The van der Waals surface area contributed by atoms with E-state index in [1.165, 1.54) is 7.11 Å². The van der Waals surface area contributed by atoms with Gasteiger partial charge in [-0.25, -0.2) is 4.98 Å². The van der Waals surface area contributed by atoms with Crippen molar-refractivity contribution in [1.29, 1.82) is 0 Å². The monoisotopic (exact) mass is 225 g/mol. The number of ether oxygens (including phenoxy) is 2. The third-order valence-electron chi connectivity index (χ3n) is 1.94. The summed E-state index contributed by atoms with van der Waals surface area (Å²) in [6.07, 6.45) is 2.31. The van der Waals surface area contributed by atoms with Gasteiger partial charge in [0.2, 0.25) is 11.8 Å². The summed E-state index contributed by atoms with van der Waals surface area (Å²) in [4.78, 5) is 18.9. The van der Waals surface area contributed by atoms with Crippen molar-refractivity contribution in [3.8, 4) is 5.88 Å². The van der Waals surface area contributed by atoms with Crippen molar-refractivity contribution in [1.82, 2.24) is 9.97 Å². The Morgan fingerprint density at radius 3 is 2.94 bits per heavy atom. The number of carbonyl (C=O) groups excluding carboxylic acids is 1. The molecule has 0 amide bonds. The van der Waals surface area contributed by atoms with Crippen LogP contribution in [-0.2, 0) is 16.0 Å². The number of carbonyl (C=O) groups is 1. The molecule has 0 saturated carbocycles. The zero-order chi connectivity index (χ0) is 12.0. The van der Waals surface area contributed by atoms with E-state index in [0.29, 0.717) is 18.9 Å². The molecular weight excluding hydrogens is 210 g/mol. The number of aryl methyl sites for hydroxylation is 1. The van der Waals surface area contributed by atoms with Gasteiger partial charge >= 0.3 is 5.97 Å². The summed E-state index contributed by atoms with van der Waals surface area (Å²) in [5.74, 6) is 0.301. The van der Waals surface area contributed by atoms with E-state index in [1.54, 1.807) is 13.1 Å². The first-order chi connectivity index (χ1) is 7.67. The van der Waals surface area contributed by atoms with E-state index in [-0.39, 0.29) is 18.3 Å². The van der Waals surface area contributed by atoms with Gasteiger partial charge in [0.25, 0.3) is 0 Å². The molecule has 0 bridgehead atoms. The maximum atomic E-state index is 11.2. The smallest absolute Gasteiger partial charge is 0.306 e. The Hall–Kier alpha value is -1.85. The van der Waals surface area contributed by atoms with Gasteiger partial charge in [0.1, 0.15) is 0 Å². The number of rotatable bonds is 5. The van der Waals surface area contributed by atoms with Crippen LogP contribution in [0.4, 0.5) is 5.95 Å². The van der Waals surface area contributed by atoms with E-state index in [2.05, 4.69) is 9.97 Å². The Labute approximate surface area is 93.8 Å². The largest absolute Gasteiger partial charge is 0.481 e. The molecule has 6 nitrogen and oxygen atoms in total. The number of hydrogen-bond acceptors (Lipinski definition) is 6. The Kier molecular flexibility index (Phi) is 4.50. The minimum atomic E-state index is -0.249. The minimum absolute atomic E-state index is 0.150. The molecule has 16 heavy (non-hydrogen) atoms. The van der Waals surface area contributed by atoms with Crippen molar-refractivity contribution in [2.45, 2.75) is 19.8 Å². The first-order valence-electron chi connectivity index (χ1n) is 4.98. The molecule has 1 aromatic rings. The Bertz CT molecular complexity index is 368. The summed E-state index contributed by atoms with van der Waals surface area (Å²) in [5, 5.41) is 0. The highest BCUT2D eigenvalue weighted by molar-refractivity contribution is 5.69. The Balaban J connectivity index is 2.63. The highest BCUT2D eigenvalue weighted by Crippen LogP contribution is 2.16. The van der Waals surface area contributed by atoms with Crippen molar-refractivity contribution >= 4 is 11.9 Å². The molecule has 0 aliphatic heterocycles. The molecule has 0 atom stereocenters. The fourth-order valence-electron chi connectivity index (χ4n) is 1.22. The van der Waals surface area contributed by atoms with Gasteiger partial charge in [-0.15, -0.1) is 0 Å². The van der Waals surface area contributed by atoms with Gasteiger partial charge in [-0.3, -0.25) is 4.79 Å². The van der Waals surface area contributed by atoms with Crippen LogP contribution < -0.4 is 10.5 Å². The average molecular weight is 225 g/mol. The Morgan fingerprint density at radius 1 is 1.56 bits per heavy atom. The van der Waals surface area contributed by atoms with E-state index in [4.69, 9.17) is 15.2 Å². The molecule has 6 heteroatoms. The van der Waals surface area contributed by atoms with Crippen molar-refractivity contribution in [3.63, 3.8) is 0 Å². The van der Waals surface area contributed by atoms with Crippen molar-refractivity contribution in [2.75, 3.05) is 19.5 Å². The lowest BCUT2D eigenvalue weighted by Crippen LogP contribution is -2.07. The zero-order valence-corrected chi connectivity index (χ0v) is 9.40. The van der Waals surface area contributed by atoms with Crippen LogP contribution in [0.15, 0.2) is 6.20 Å². The molecule has 0 saturated heterocycles. The summed E-state index contributed by atoms with van der Waals surface area (Å²) in [6, 6.07) is 0. The summed E-state index contributed by atoms with van der Waals surface area (Å²) in [5.41, 5.74) is 6.15. The SMILES string of the molecule is CCOC(=O)CCc1cnc(N)nc1OC. The van der Waals surface area contributed by atoms with Crippen LogP contribution in [-0.4, -0.2) is 29.7 Å². The van der Waals surface area contributed by atoms with Gasteiger partial charge in [0.15, 0.2) is 0 Å². The van der Waals surface area contributed by atoms with E-state index in [1.807, 2.05) is 0 Å². The lowest BCUT2D eigenvalue weighted by Gasteiger charge is -2.06. The molecular formula is C10H15N3O3. The molecule has 0 radical (unpaired) electrons. The predicted octanol–water partition coefficient (Wildman–Crippen LogP) is 0.563. The first-order valence-corrected chi connectivity index (χ1v) is 4.98. The average Bonchev–Trinajstić information content (AvgIpc) is 2.27. The van der Waals surface area contributed by atoms with Gasteiger partial charge in [0, 0.05) is 18.2 Å². The molecule has 1 heterocycles. The van der Waals surface area contributed by atoms with Crippen molar-refractivity contribution < 1.29 is 14.3 Å². The molecule has 1 aromatic heterocycles. The fraction of sp³-hybridized carbons (Fsp3) is 0.500. The first kappa shape index (κ1) is 12.2. The van der Waals surface area contributed by atoms with Crippen molar-refractivity contribution in [2.24, 2.45) is 0 Å². The number of methoxy groups -OCH3 is 1. The van der Waals surface area contributed by atoms with Crippen LogP contribution in [0.2, 0.25) is 0 Å². The second-order valence-corrected chi connectivity index (χ2v) is 3.07. The summed E-state index contributed by atoms with van der Waals surface area (Å²) >= 11 is 0. The van der Waals surface area contributed by atoms with Gasteiger partial charge in [-0.1, -0.05) is 0 Å². The zero-order valence-electron chi connectivity index (χ0n) is 9.40. The van der Waals surface area contributed by atoms with Crippen LogP contribution in [0.3, 0.4) is 0 Å². The van der Waals surface area contributed by atoms with Crippen LogP contribution in [0, 0.1) is 0 Å². The van der Waals surface area contributed by atoms with Crippen LogP contribution in [0.1, 0.15) is 18.9 Å². The van der Waals surface area contributed by atoms with Crippen LogP contribution in [0.5, 0.6) is 5.88 Å². The second kappa shape index (κ2) is 5.89. The molecule has 0 unspecified atom stereocenters. The topological polar surface area (TPSA) is 87.3 Å². The minimum Gasteiger partial charge on any atom is -0.481 e. The quantitative estimate of drug-likeness (QED) is 0.737. The predicted molar refractivity (Wildman–Crippen MR) is 58.0 cm³/mol. The number of aromatic nitrogens is 2. The van der Waals surface area contributed by atoms with Gasteiger partial charge in [-0.2, -0.15) is 4.98 Å². The van der Waals surface area contributed by atoms with Crippen LogP contribution in [0.25, 0.3) is 0 Å². The van der Waals surface area contributed by atoms with E-state index in [0.717, 1.165) is 5.56 Å². The van der Waals surface area contributed by atoms with Gasteiger partial charge in [0.05, 0.1) is 13.7 Å². The van der Waals surface area contributed by atoms with Gasteiger partial charge < -0.3 is 15.2 Å². The normalized spacial score (nSPS) is 9.88. The number of hydrogen-bond donors (Lipinski definition) is 1. The third kappa shape index (κ3) is 3.38. The summed E-state index contributed by atoms with van der Waals surface area (Å²) in [7, 11) is 1.50. The fourth-order valence-corrected chi connectivity index (χ4v) is 1.22. The molecule has 1 rings (SSSR count). The maximum Gasteiger partial charge on any atom is 0.306 e. The summed E-state index contributed by atoms with van der Waals surface area (Å²) < 4.78 is 9.85. The third-order valence-corrected chi connectivity index (χ3v) is 1.94. The van der Waals surface area contributed by atoms with Crippen molar-refractivity contribution in [3.05, 3.63) is 11.8 Å². The molecule has 2 N–H and O–H groups in total. The number of esters is 1. The number of anilines is 1. The molecule has 0 spiro atoms. The highest BCUT2D eigenvalue weighted by Gasteiger charge is 2.09. The molecule has 88 valence electrons. The Morgan fingerprint density at radius 2 is 2.31 bits per heavy atom. The lowest BCUT2D eigenvalue weighted by molar-refractivity contribution is -0.143. The lowest BCUT2D eigenvalue weighted by atomic mass is 10.2.